The molecule has 1 spiro atoms. The van der Waals surface area contributed by atoms with Crippen molar-refractivity contribution in [3.8, 4) is 11.3 Å². The van der Waals surface area contributed by atoms with Crippen LogP contribution in [0.25, 0.3) is 11.3 Å². The summed E-state index contributed by atoms with van der Waals surface area (Å²) in [4.78, 5) is 6.41. The first-order chi connectivity index (χ1) is 16.2. The van der Waals surface area contributed by atoms with E-state index < -0.39 is 17.6 Å². The van der Waals surface area contributed by atoms with Gasteiger partial charge in [-0.1, -0.05) is 6.92 Å². The van der Waals surface area contributed by atoms with E-state index in [4.69, 9.17) is 15.6 Å². The van der Waals surface area contributed by atoms with Crippen LogP contribution >= 0.6 is 0 Å². The number of rotatable bonds is 5. The molecule has 5 atom stereocenters. The first-order valence-corrected chi connectivity index (χ1v) is 12.5. The van der Waals surface area contributed by atoms with Crippen molar-refractivity contribution in [2.75, 3.05) is 25.4 Å². The standard InChI is InChI=1S/C25H32F3N5O/c1-3-14(2)33-21(10-20(31-33)15-7-19(25(26,27)28)23(29)30-11-15)22-17-8-16(9-18(17)22)32-12-24(13-32)5-4-6-34-24/h7,10-11,14,16-18,22H,3-6,8-9,12-13H2,1-2H3,(H2,29,30)/t14?,16?,17-,18+,22?. The van der Waals surface area contributed by atoms with Crippen LogP contribution in [0.3, 0.4) is 0 Å². The molecule has 6 rings (SSSR count). The molecule has 4 heterocycles. The molecule has 0 aromatic carbocycles. The highest BCUT2D eigenvalue weighted by Gasteiger charge is 2.61. The second-order valence-corrected chi connectivity index (χ2v) is 10.8. The number of alkyl halides is 3. The van der Waals surface area contributed by atoms with E-state index in [2.05, 4.69) is 23.7 Å². The molecule has 2 aliphatic heterocycles. The molecule has 4 fully saturated rings. The van der Waals surface area contributed by atoms with E-state index >= 15 is 0 Å². The molecule has 2 saturated heterocycles. The van der Waals surface area contributed by atoms with Crippen molar-refractivity contribution >= 4 is 5.82 Å². The molecule has 0 bridgehead atoms. The highest BCUT2D eigenvalue weighted by atomic mass is 19.4. The van der Waals surface area contributed by atoms with Crippen LogP contribution in [0.4, 0.5) is 19.0 Å². The molecule has 2 saturated carbocycles. The maximum absolute atomic E-state index is 13.4. The first kappa shape index (κ1) is 22.3. The predicted molar refractivity (Wildman–Crippen MR) is 122 cm³/mol. The van der Waals surface area contributed by atoms with Crippen molar-refractivity contribution in [1.82, 2.24) is 19.7 Å². The molecule has 2 N–H and O–H groups in total. The van der Waals surface area contributed by atoms with E-state index in [0.717, 1.165) is 37.9 Å². The Hall–Kier alpha value is -2.13. The molecular weight excluding hydrogens is 443 g/mol. The van der Waals surface area contributed by atoms with Gasteiger partial charge in [-0.3, -0.25) is 9.58 Å². The number of nitrogens with zero attached hydrogens (tertiary/aromatic N) is 4. The summed E-state index contributed by atoms with van der Waals surface area (Å²) in [5, 5.41) is 4.76. The zero-order valence-corrected chi connectivity index (χ0v) is 19.7. The third-order valence-electron chi connectivity index (χ3n) is 8.74. The summed E-state index contributed by atoms with van der Waals surface area (Å²) in [6.07, 6.45) is 2.51. The van der Waals surface area contributed by atoms with E-state index in [0.29, 0.717) is 35.1 Å². The fourth-order valence-electron chi connectivity index (χ4n) is 6.67. The lowest BCUT2D eigenvalue weighted by molar-refractivity contribution is -0.137. The van der Waals surface area contributed by atoms with Crippen molar-refractivity contribution in [1.29, 1.82) is 0 Å². The predicted octanol–water partition coefficient (Wildman–Crippen LogP) is 4.87. The minimum absolute atomic E-state index is 0.138. The largest absolute Gasteiger partial charge is 0.419 e. The zero-order chi connectivity index (χ0) is 23.8. The number of nitrogen functional groups attached to an aromatic ring is 1. The van der Waals surface area contributed by atoms with Gasteiger partial charge in [-0.2, -0.15) is 18.3 Å². The molecule has 2 aliphatic carbocycles. The number of aromatic nitrogens is 3. The van der Waals surface area contributed by atoms with Gasteiger partial charge in [0.15, 0.2) is 0 Å². The Bertz CT molecular complexity index is 1070. The van der Waals surface area contributed by atoms with Gasteiger partial charge in [0.2, 0.25) is 0 Å². The number of nitrogens with two attached hydrogens (primary N) is 1. The minimum Gasteiger partial charge on any atom is -0.383 e. The van der Waals surface area contributed by atoms with Crippen molar-refractivity contribution < 1.29 is 17.9 Å². The number of pyridine rings is 1. The number of halogens is 3. The maximum atomic E-state index is 13.4. The topological polar surface area (TPSA) is 69.2 Å². The Balaban J connectivity index is 1.21. The second kappa shape index (κ2) is 7.68. The smallest absolute Gasteiger partial charge is 0.383 e. The summed E-state index contributed by atoms with van der Waals surface area (Å²) in [6.45, 7) is 7.27. The third kappa shape index (κ3) is 3.54. The van der Waals surface area contributed by atoms with Crippen LogP contribution in [0, 0.1) is 11.8 Å². The normalized spacial score (nSPS) is 31.0. The molecule has 3 unspecified atom stereocenters. The van der Waals surface area contributed by atoms with Crippen LogP contribution in [0.5, 0.6) is 0 Å². The van der Waals surface area contributed by atoms with Crippen LogP contribution < -0.4 is 5.73 Å². The molecule has 34 heavy (non-hydrogen) atoms. The molecule has 2 aromatic heterocycles. The highest BCUT2D eigenvalue weighted by Crippen LogP contribution is 2.65. The summed E-state index contributed by atoms with van der Waals surface area (Å²) in [7, 11) is 0. The zero-order valence-electron chi connectivity index (χ0n) is 19.7. The van der Waals surface area contributed by atoms with Crippen molar-refractivity contribution in [3.05, 3.63) is 29.6 Å². The first-order valence-electron chi connectivity index (χ1n) is 12.5. The fourth-order valence-corrected chi connectivity index (χ4v) is 6.67. The van der Waals surface area contributed by atoms with Crippen molar-refractivity contribution in [3.63, 3.8) is 0 Å². The van der Waals surface area contributed by atoms with Crippen LogP contribution in [0.1, 0.15) is 69.2 Å². The van der Waals surface area contributed by atoms with Gasteiger partial charge in [0.25, 0.3) is 0 Å². The van der Waals surface area contributed by atoms with Gasteiger partial charge in [-0.05, 0) is 63.0 Å². The monoisotopic (exact) mass is 475 g/mol. The summed E-state index contributed by atoms with van der Waals surface area (Å²) in [6, 6.07) is 3.88. The number of ether oxygens (including phenoxy) is 1. The van der Waals surface area contributed by atoms with E-state index in [1.807, 2.05) is 10.7 Å². The van der Waals surface area contributed by atoms with Crippen LogP contribution in [-0.4, -0.2) is 51.0 Å². The Morgan fingerprint density at radius 3 is 2.59 bits per heavy atom. The van der Waals surface area contributed by atoms with Gasteiger partial charge >= 0.3 is 6.18 Å². The lowest BCUT2D eigenvalue weighted by Gasteiger charge is -2.50. The summed E-state index contributed by atoms with van der Waals surface area (Å²) in [5.74, 6) is 1.20. The number of fused-ring (bicyclic) bond motifs is 1. The third-order valence-corrected chi connectivity index (χ3v) is 8.74. The van der Waals surface area contributed by atoms with Gasteiger partial charge in [0, 0.05) is 55.2 Å². The lowest BCUT2D eigenvalue weighted by Crippen LogP contribution is -2.64. The Morgan fingerprint density at radius 1 is 1.24 bits per heavy atom. The Labute approximate surface area is 197 Å². The van der Waals surface area contributed by atoms with Crippen molar-refractivity contribution in [2.24, 2.45) is 11.8 Å². The molecule has 184 valence electrons. The van der Waals surface area contributed by atoms with E-state index in [9.17, 15) is 13.2 Å². The number of hydrogen-bond acceptors (Lipinski definition) is 5. The van der Waals surface area contributed by atoms with Gasteiger partial charge in [-0.15, -0.1) is 0 Å². The molecule has 0 amide bonds. The van der Waals surface area contributed by atoms with E-state index in [1.54, 1.807) is 0 Å². The minimum atomic E-state index is -4.54. The van der Waals surface area contributed by atoms with E-state index in [-0.39, 0.29) is 11.6 Å². The van der Waals surface area contributed by atoms with Gasteiger partial charge < -0.3 is 10.5 Å². The lowest BCUT2D eigenvalue weighted by atomic mass is 9.88. The maximum Gasteiger partial charge on any atom is 0.419 e. The average molecular weight is 476 g/mol. The second-order valence-electron chi connectivity index (χ2n) is 10.8. The van der Waals surface area contributed by atoms with Crippen molar-refractivity contribution in [2.45, 2.75) is 75.7 Å². The fraction of sp³-hybridized carbons (Fsp3) is 0.680. The van der Waals surface area contributed by atoms with E-state index in [1.165, 1.54) is 31.9 Å². The molecule has 6 nitrogen and oxygen atoms in total. The molecule has 0 radical (unpaired) electrons. The van der Waals surface area contributed by atoms with Gasteiger partial charge in [0.05, 0.1) is 16.9 Å². The molecule has 9 heteroatoms. The van der Waals surface area contributed by atoms with Gasteiger partial charge in [0.1, 0.15) is 5.82 Å². The molecule has 2 aromatic rings. The molecule has 4 aliphatic rings. The highest BCUT2D eigenvalue weighted by molar-refractivity contribution is 5.63. The SMILES string of the molecule is CCC(C)n1nc(-c2cnc(N)c(C(F)(F)F)c2)cc1C1[C@H]2CC(N3CC4(CCCO4)C3)C[C@@H]12. The molecular formula is C25H32F3N5O. The Morgan fingerprint density at radius 2 is 1.97 bits per heavy atom. The summed E-state index contributed by atoms with van der Waals surface area (Å²) < 4.78 is 48.2. The van der Waals surface area contributed by atoms with Crippen LogP contribution in [-0.2, 0) is 10.9 Å². The number of hydrogen-bond donors (Lipinski definition) is 1. The summed E-state index contributed by atoms with van der Waals surface area (Å²) in [5.41, 5.74) is 6.78. The Kier molecular flexibility index (Phi) is 5.05. The summed E-state index contributed by atoms with van der Waals surface area (Å²) >= 11 is 0. The average Bonchev–Trinajstić information content (AvgIpc) is 3.26. The van der Waals surface area contributed by atoms with Crippen LogP contribution in [0.2, 0.25) is 0 Å². The number of likely N-dealkylation sites (tertiary alicyclic amines) is 1. The quantitative estimate of drug-likeness (QED) is 0.668. The number of anilines is 1. The van der Waals surface area contributed by atoms with Crippen LogP contribution in [0.15, 0.2) is 18.3 Å². The van der Waals surface area contributed by atoms with Gasteiger partial charge in [-0.25, -0.2) is 4.98 Å².